The summed E-state index contributed by atoms with van der Waals surface area (Å²) in [6.07, 6.45) is 2.88. The highest BCUT2D eigenvalue weighted by atomic mass is 35.5. The summed E-state index contributed by atoms with van der Waals surface area (Å²) < 4.78 is 10.6. The Morgan fingerprint density at radius 2 is 1.87 bits per heavy atom. The van der Waals surface area contributed by atoms with Crippen molar-refractivity contribution in [1.82, 2.24) is 4.90 Å². The molecule has 0 unspecified atom stereocenters. The lowest BCUT2D eigenvalue weighted by Crippen LogP contribution is -2.49. The smallest absolute Gasteiger partial charge is 0.331 e. The second-order valence-corrected chi connectivity index (χ2v) is 5.99. The summed E-state index contributed by atoms with van der Waals surface area (Å²) in [5.41, 5.74) is 0.827. The van der Waals surface area contributed by atoms with E-state index in [1.165, 1.54) is 6.08 Å². The summed E-state index contributed by atoms with van der Waals surface area (Å²) in [5.74, 6) is -0.761. The lowest BCUT2D eigenvalue weighted by Gasteiger charge is -2.35. The molecule has 0 N–H and O–H groups in total. The van der Waals surface area contributed by atoms with E-state index in [0.717, 1.165) is 5.56 Å². The summed E-state index contributed by atoms with van der Waals surface area (Å²) in [6.45, 7) is 4.60. The topological polar surface area (TPSA) is 55.8 Å². The van der Waals surface area contributed by atoms with E-state index < -0.39 is 5.97 Å². The first kappa shape index (κ1) is 17.5. The number of morpholine rings is 1. The average molecular weight is 338 g/mol. The maximum Gasteiger partial charge on any atom is 0.331 e. The number of benzene rings is 1. The summed E-state index contributed by atoms with van der Waals surface area (Å²) in [6, 6.07) is 7.04. The van der Waals surface area contributed by atoms with Crippen LogP contribution in [0, 0.1) is 0 Å². The molecule has 1 aliphatic rings. The highest BCUT2D eigenvalue weighted by Crippen LogP contribution is 2.12. The van der Waals surface area contributed by atoms with Gasteiger partial charge in [-0.1, -0.05) is 23.7 Å². The van der Waals surface area contributed by atoms with E-state index in [4.69, 9.17) is 21.1 Å². The van der Waals surface area contributed by atoms with Crippen LogP contribution in [-0.4, -0.2) is 48.7 Å². The summed E-state index contributed by atoms with van der Waals surface area (Å²) in [5, 5.41) is 0.629. The van der Waals surface area contributed by atoms with Crippen molar-refractivity contribution in [2.24, 2.45) is 0 Å². The molecule has 0 aromatic heterocycles. The Labute approximate surface area is 140 Å². The molecule has 5 nitrogen and oxygen atoms in total. The molecule has 23 heavy (non-hydrogen) atoms. The van der Waals surface area contributed by atoms with E-state index in [0.29, 0.717) is 18.1 Å². The zero-order chi connectivity index (χ0) is 16.8. The molecule has 0 radical (unpaired) electrons. The number of halogens is 1. The quantitative estimate of drug-likeness (QED) is 0.626. The number of nitrogens with zero attached hydrogens (tertiary/aromatic N) is 1. The van der Waals surface area contributed by atoms with Gasteiger partial charge in [-0.3, -0.25) is 4.79 Å². The summed E-state index contributed by atoms with van der Waals surface area (Å²) in [7, 11) is 0. The number of esters is 1. The van der Waals surface area contributed by atoms with Gasteiger partial charge in [0.25, 0.3) is 5.91 Å². The Bertz CT molecular complexity index is 575. The largest absolute Gasteiger partial charge is 0.452 e. The molecule has 0 spiro atoms. The van der Waals surface area contributed by atoms with Crippen molar-refractivity contribution < 1.29 is 19.1 Å². The number of carbonyl (C=O) groups excluding carboxylic acids is 2. The van der Waals surface area contributed by atoms with Gasteiger partial charge in [0, 0.05) is 24.2 Å². The second kappa shape index (κ2) is 8.13. The molecule has 0 aliphatic carbocycles. The first-order chi connectivity index (χ1) is 10.9. The van der Waals surface area contributed by atoms with Crippen LogP contribution in [0.3, 0.4) is 0 Å². The molecule has 6 heteroatoms. The van der Waals surface area contributed by atoms with Crippen LogP contribution in [-0.2, 0) is 19.1 Å². The number of rotatable bonds is 4. The van der Waals surface area contributed by atoms with Crippen molar-refractivity contribution in [3.63, 3.8) is 0 Å². The van der Waals surface area contributed by atoms with Crippen LogP contribution in [0.5, 0.6) is 0 Å². The van der Waals surface area contributed by atoms with Crippen molar-refractivity contribution in [1.29, 1.82) is 0 Å². The fourth-order valence-corrected chi connectivity index (χ4v) is 2.52. The zero-order valence-electron chi connectivity index (χ0n) is 13.2. The van der Waals surface area contributed by atoms with E-state index >= 15 is 0 Å². The molecule has 1 fully saturated rings. The number of amides is 1. The van der Waals surface area contributed by atoms with Gasteiger partial charge in [-0.05, 0) is 37.6 Å². The SMILES string of the molecule is C[C@@H]1CN(C(=O)COC(=O)/C=C/c2ccc(Cl)cc2)C[C@@H](C)O1. The molecule has 1 heterocycles. The third-order valence-corrected chi connectivity index (χ3v) is 3.64. The molecule has 0 bridgehead atoms. The van der Waals surface area contributed by atoms with E-state index in [2.05, 4.69) is 0 Å². The van der Waals surface area contributed by atoms with Crippen molar-refractivity contribution >= 4 is 29.6 Å². The standard InChI is InChI=1S/C17H20ClNO4/c1-12-9-19(10-13(2)23-12)16(20)11-22-17(21)8-5-14-3-6-15(18)7-4-14/h3-8,12-13H,9-11H2,1-2H3/b8-5+/t12-,13-/m1/s1. The number of hydrogen-bond donors (Lipinski definition) is 0. The first-order valence-electron chi connectivity index (χ1n) is 7.47. The third-order valence-electron chi connectivity index (χ3n) is 3.39. The van der Waals surface area contributed by atoms with E-state index in [-0.39, 0.29) is 24.7 Å². The lowest BCUT2D eigenvalue weighted by atomic mass is 10.2. The number of carbonyl (C=O) groups is 2. The minimum Gasteiger partial charge on any atom is -0.452 e. The van der Waals surface area contributed by atoms with Gasteiger partial charge in [0.1, 0.15) is 0 Å². The Morgan fingerprint density at radius 1 is 1.26 bits per heavy atom. The Kier molecular flexibility index (Phi) is 6.19. The molecule has 124 valence electrons. The zero-order valence-corrected chi connectivity index (χ0v) is 14.0. The number of ether oxygens (including phenoxy) is 2. The van der Waals surface area contributed by atoms with Gasteiger partial charge in [-0.25, -0.2) is 4.79 Å². The second-order valence-electron chi connectivity index (χ2n) is 5.55. The molecular formula is C17H20ClNO4. The van der Waals surface area contributed by atoms with Crippen LogP contribution in [0.2, 0.25) is 5.02 Å². The fourth-order valence-electron chi connectivity index (χ4n) is 2.39. The van der Waals surface area contributed by atoms with E-state index in [1.807, 2.05) is 13.8 Å². The molecule has 1 aromatic rings. The van der Waals surface area contributed by atoms with Crippen molar-refractivity contribution in [2.45, 2.75) is 26.1 Å². The van der Waals surface area contributed by atoms with Crippen molar-refractivity contribution in [3.8, 4) is 0 Å². The van der Waals surface area contributed by atoms with Gasteiger partial charge in [-0.2, -0.15) is 0 Å². The van der Waals surface area contributed by atoms with E-state index in [9.17, 15) is 9.59 Å². The van der Waals surface area contributed by atoms with Gasteiger partial charge in [0.2, 0.25) is 0 Å². The molecule has 1 aromatic carbocycles. The van der Waals surface area contributed by atoms with Crippen LogP contribution in [0.15, 0.2) is 30.3 Å². The normalized spacial score (nSPS) is 21.4. The van der Waals surface area contributed by atoms with Crippen LogP contribution >= 0.6 is 11.6 Å². The third kappa shape index (κ3) is 5.69. The van der Waals surface area contributed by atoms with Crippen molar-refractivity contribution in [2.75, 3.05) is 19.7 Å². The maximum atomic E-state index is 12.1. The predicted octanol–water partition coefficient (Wildman–Crippen LogP) is 2.53. The van der Waals surface area contributed by atoms with Gasteiger partial charge >= 0.3 is 5.97 Å². The molecule has 0 saturated carbocycles. The molecule has 2 rings (SSSR count). The Balaban J connectivity index is 1.79. The van der Waals surface area contributed by atoms with Crippen molar-refractivity contribution in [3.05, 3.63) is 40.9 Å². The van der Waals surface area contributed by atoms with Gasteiger partial charge in [0.05, 0.1) is 12.2 Å². The fraction of sp³-hybridized carbons (Fsp3) is 0.412. The molecular weight excluding hydrogens is 318 g/mol. The number of hydrogen-bond acceptors (Lipinski definition) is 4. The van der Waals surface area contributed by atoms with E-state index in [1.54, 1.807) is 35.2 Å². The molecule has 2 atom stereocenters. The minimum atomic E-state index is -0.553. The van der Waals surface area contributed by atoms with Gasteiger partial charge in [-0.15, -0.1) is 0 Å². The molecule has 1 saturated heterocycles. The Morgan fingerprint density at radius 3 is 2.48 bits per heavy atom. The monoisotopic (exact) mass is 337 g/mol. The minimum absolute atomic E-state index is 0.0109. The average Bonchev–Trinajstić information content (AvgIpc) is 2.51. The highest BCUT2D eigenvalue weighted by Gasteiger charge is 2.26. The predicted molar refractivity (Wildman–Crippen MR) is 88.0 cm³/mol. The maximum absolute atomic E-state index is 12.1. The first-order valence-corrected chi connectivity index (χ1v) is 7.85. The molecule has 1 aliphatic heterocycles. The van der Waals surface area contributed by atoms with Crippen LogP contribution in [0.25, 0.3) is 6.08 Å². The molecule has 1 amide bonds. The highest BCUT2D eigenvalue weighted by molar-refractivity contribution is 6.30. The van der Waals surface area contributed by atoms with Gasteiger partial charge < -0.3 is 14.4 Å². The van der Waals surface area contributed by atoms with Crippen LogP contribution < -0.4 is 0 Å². The van der Waals surface area contributed by atoms with Gasteiger partial charge in [0.15, 0.2) is 6.61 Å². The van der Waals surface area contributed by atoms with Crippen LogP contribution in [0.4, 0.5) is 0 Å². The lowest BCUT2D eigenvalue weighted by molar-refractivity contribution is -0.154. The summed E-state index contributed by atoms with van der Waals surface area (Å²) in [4.78, 5) is 25.4. The summed E-state index contributed by atoms with van der Waals surface area (Å²) >= 11 is 5.79. The van der Waals surface area contributed by atoms with Crippen LogP contribution in [0.1, 0.15) is 19.4 Å². The Hall–Kier alpha value is -1.85.